The highest BCUT2D eigenvalue weighted by Crippen LogP contribution is 2.48. The largest absolute Gasteiger partial charge is 0.481 e. The maximum absolute atomic E-state index is 11.2. The van der Waals surface area contributed by atoms with Gasteiger partial charge in [0.15, 0.2) is 6.29 Å². The Kier molecular flexibility index (Phi) is 5.23. The summed E-state index contributed by atoms with van der Waals surface area (Å²) in [6.45, 7) is 0. The lowest BCUT2D eigenvalue weighted by molar-refractivity contribution is 0.111. The molecule has 0 saturated carbocycles. The molecule has 1 aromatic carbocycles. The second kappa shape index (κ2) is 6.59. The third-order valence-corrected chi connectivity index (χ3v) is 4.98. The SMILES string of the molecule is COc1ccc(-c2c(Cl)c(Cl)c(Cl)c(Cl)c2Cl)c(C=O)n1. The van der Waals surface area contributed by atoms with E-state index < -0.39 is 0 Å². The van der Waals surface area contributed by atoms with Crippen molar-refractivity contribution in [1.82, 2.24) is 4.98 Å². The van der Waals surface area contributed by atoms with Crippen molar-refractivity contribution in [3.8, 4) is 17.0 Å². The molecule has 110 valence electrons. The molecular weight excluding hydrogens is 379 g/mol. The summed E-state index contributed by atoms with van der Waals surface area (Å²) < 4.78 is 4.97. The first-order valence-corrected chi connectivity index (χ1v) is 7.33. The van der Waals surface area contributed by atoms with Crippen LogP contribution in [0.2, 0.25) is 25.1 Å². The predicted octanol–water partition coefficient (Wildman–Crippen LogP) is 5.84. The number of aldehydes is 1. The number of nitrogens with zero attached hydrogens (tertiary/aromatic N) is 1. The van der Waals surface area contributed by atoms with E-state index in [9.17, 15) is 4.79 Å². The second-order valence-corrected chi connectivity index (χ2v) is 5.74. The molecule has 0 N–H and O–H groups in total. The van der Waals surface area contributed by atoms with E-state index in [1.165, 1.54) is 7.11 Å². The first-order valence-electron chi connectivity index (χ1n) is 5.44. The Bertz CT molecular complexity index is 704. The standard InChI is InChI=1S/C13H6Cl5NO2/c1-21-7-3-2-5(6(4-20)19-7)8-9(14)11(16)13(18)12(17)10(8)15/h2-4H,1H3. The number of benzene rings is 1. The Morgan fingerprint density at radius 2 is 1.48 bits per heavy atom. The summed E-state index contributed by atoms with van der Waals surface area (Å²) in [6.07, 6.45) is 0.556. The van der Waals surface area contributed by atoms with Crippen molar-refractivity contribution in [3.05, 3.63) is 42.9 Å². The van der Waals surface area contributed by atoms with Crippen LogP contribution in [0, 0.1) is 0 Å². The van der Waals surface area contributed by atoms with Crippen LogP contribution in [0.1, 0.15) is 10.5 Å². The molecule has 0 aliphatic carbocycles. The van der Waals surface area contributed by atoms with Crippen molar-refractivity contribution in [2.45, 2.75) is 0 Å². The minimum atomic E-state index is 0.0474. The summed E-state index contributed by atoms with van der Waals surface area (Å²) in [5.74, 6) is 0.277. The fourth-order valence-corrected chi connectivity index (χ4v) is 3.05. The fourth-order valence-electron chi connectivity index (χ4n) is 1.71. The van der Waals surface area contributed by atoms with Crippen LogP contribution >= 0.6 is 58.0 Å². The Labute approximate surface area is 145 Å². The molecular formula is C13H6Cl5NO2. The van der Waals surface area contributed by atoms with Crippen molar-refractivity contribution in [2.24, 2.45) is 0 Å². The van der Waals surface area contributed by atoms with Crippen LogP contribution in [-0.4, -0.2) is 18.4 Å². The number of rotatable bonds is 3. The summed E-state index contributed by atoms with van der Waals surface area (Å²) in [5.41, 5.74) is 0.754. The van der Waals surface area contributed by atoms with Gasteiger partial charge in [-0.25, -0.2) is 4.98 Å². The molecule has 1 heterocycles. The Morgan fingerprint density at radius 3 is 1.95 bits per heavy atom. The van der Waals surface area contributed by atoms with E-state index in [2.05, 4.69) is 4.98 Å². The zero-order valence-corrected chi connectivity index (χ0v) is 14.2. The minimum absolute atomic E-state index is 0.0474. The fraction of sp³-hybridized carbons (Fsp3) is 0.0769. The van der Waals surface area contributed by atoms with Gasteiger partial charge in [-0.1, -0.05) is 58.0 Å². The van der Waals surface area contributed by atoms with Crippen molar-refractivity contribution >= 4 is 64.3 Å². The van der Waals surface area contributed by atoms with Gasteiger partial charge in [0.25, 0.3) is 0 Å². The van der Waals surface area contributed by atoms with E-state index in [1.807, 2.05) is 0 Å². The molecule has 0 saturated heterocycles. The number of methoxy groups -OCH3 is 1. The normalized spacial score (nSPS) is 10.6. The summed E-state index contributed by atoms with van der Waals surface area (Å²) in [4.78, 5) is 15.3. The molecule has 0 amide bonds. The number of aromatic nitrogens is 1. The van der Waals surface area contributed by atoms with E-state index in [4.69, 9.17) is 62.7 Å². The lowest BCUT2D eigenvalue weighted by Gasteiger charge is -2.14. The monoisotopic (exact) mass is 383 g/mol. The van der Waals surface area contributed by atoms with E-state index in [1.54, 1.807) is 12.1 Å². The van der Waals surface area contributed by atoms with Crippen LogP contribution in [0.3, 0.4) is 0 Å². The summed E-state index contributed by atoms with van der Waals surface area (Å²) in [7, 11) is 1.44. The number of ether oxygens (including phenoxy) is 1. The van der Waals surface area contributed by atoms with Crippen LogP contribution in [0.15, 0.2) is 12.1 Å². The molecule has 0 radical (unpaired) electrons. The van der Waals surface area contributed by atoms with Gasteiger partial charge in [-0.3, -0.25) is 4.79 Å². The van der Waals surface area contributed by atoms with Gasteiger partial charge in [0, 0.05) is 17.2 Å². The first kappa shape index (κ1) is 16.7. The molecule has 0 atom stereocenters. The van der Waals surface area contributed by atoms with Crippen LogP contribution in [0.4, 0.5) is 0 Å². The van der Waals surface area contributed by atoms with E-state index in [-0.39, 0.29) is 42.3 Å². The van der Waals surface area contributed by atoms with Crippen LogP contribution in [0.25, 0.3) is 11.1 Å². The zero-order valence-electron chi connectivity index (χ0n) is 10.4. The van der Waals surface area contributed by atoms with Crippen molar-refractivity contribution in [3.63, 3.8) is 0 Å². The maximum atomic E-state index is 11.2. The second-order valence-electron chi connectivity index (χ2n) is 3.85. The smallest absolute Gasteiger partial charge is 0.213 e. The van der Waals surface area contributed by atoms with Crippen LogP contribution in [-0.2, 0) is 0 Å². The molecule has 0 fully saturated rings. The number of carbonyl (C=O) groups excluding carboxylic acids is 1. The van der Waals surface area contributed by atoms with Gasteiger partial charge in [-0.2, -0.15) is 0 Å². The number of hydrogen-bond acceptors (Lipinski definition) is 3. The molecule has 2 rings (SSSR count). The third kappa shape index (κ3) is 2.94. The highest BCUT2D eigenvalue weighted by molar-refractivity contribution is 6.56. The molecule has 1 aromatic heterocycles. The van der Waals surface area contributed by atoms with Gasteiger partial charge < -0.3 is 4.74 Å². The molecule has 3 nitrogen and oxygen atoms in total. The highest BCUT2D eigenvalue weighted by atomic mass is 35.5. The minimum Gasteiger partial charge on any atom is -0.481 e. The van der Waals surface area contributed by atoms with Crippen molar-refractivity contribution in [1.29, 1.82) is 0 Å². The summed E-state index contributed by atoms with van der Waals surface area (Å²) >= 11 is 30.3. The van der Waals surface area contributed by atoms with Gasteiger partial charge in [0.2, 0.25) is 5.88 Å². The third-order valence-electron chi connectivity index (χ3n) is 2.70. The summed E-state index contributed by atoms with van der Waals surface area (Å²) in [5, 5.41) is 0.328. The Hall–Kier alpha value is -0.710. The quantitative estimate of drug-likeness (QED) is 0.379. The van der Waals surface area contributed by atoms with Gasteiger partial charge in [0.05, 0.1) is 32.2 Å². The Morgan fingerprint density at radius 1 is 0.952 bits per heavy atom. The van der Waals surface area contributed by atoms with Crippen LogP contribution in [0.5, 0.6) is 5.88 Å². The lowest BCUT2D eigenvalue weighted by Crippen LogP contribution is -1.97. The lowest BCUT2D eigenvalue weighted by atomic mass is 10.0. The average Bonchev–Trinajstić information content (AvgIpc) is 2.51. The molecule has 0 unspecified atom stereocenters. The molecule has 0 aliphatic rings. The molecule has 0 spiro atoms. The Balaban J connectivity index is 2.82. The summed E-state index contributed by atoms with van der Waals surface area (Å²) in [6, 6.07) is 3.15. The first-order chi connectivity index (χ1) is 9.92. The molecule has 8 heteroatoms. The predicted molar refractivity (Wildman–Crippen MR) is 86.7 cm³/mol. The number of hydrogen-bond donors (Lipinski definition) is 0. The van der Waals surface area contributed by atoms with E-state index in [0.717, 1.165) is 0 Å². The van der Waals surface area contributed by atoms with Crippen LogP contribution < -0.4 is 4.74 Å². The highest BCUT2D eigenvalue weighted by Gasteiger charge is 2.22. The molecule has 2 aromatic rings. The zero-order chi connectivity index (χ0) is 15.7. The molecule has 0 bridgehead atoms. The van der Waals surface area contributed by atoms with Crippen molar-refractivity contribution < 1.29 is 9.53 Å². The maximum Gasteiger partial charge on any atom is 0.213 e. The number of pyridine rings is 1. The van der Waals surface area contributed by atoms with Gasteiger partial charge in [-0.05, 0) is 6.07 Å². The van der Waals surface area contributed by atoms with Gasteiger partial charge >= 0.3 is 0 Å². The van der Waals surface area contributed by atoms with Gasteiger partial charge in [0.1, 0.15) is 5.69 Å². The molecule has 0 aliphatic heterocycles. The number of carbonyl (C=O) groups is 1. The molecule has 21 heavy (non-hydrogen) atoms. The number of halogens is 5. The topological polar surface area (TPSA) is 39.2 Å². The van der Waals surface area contributed by atoms with E-state index >= 15 is 0 Å². The van der Waals surface area contributed by atoms with Gasteiger partial charge in [-0.15, -0.1) is 0 Å². The van der Waals surface area contributed by atoms with E-state index in [0.29, 0.717) is 11.8 Å². The average molecular weight is 385 g/mol. The van der Waals surface area contributed by atoms with Crippen molar-refractivity contribution in [2.75, 3.05) is 7.11 Å².